The first kappa shape index (κ1) is 16.3. The van der Waals surface area contributed by atoms with Crippen LogP contribution in [0, 0.1) is 0 Å². The van der Waals surface area contributed by atoms with Gasteiger partial charge in [0.15, 0.2) is 0 Å². The number of benzene rings is 2. The Morgan fingerprint density at radius 2 is 1.75 bits per heavy atom. The number of hydrogen-bond donors (Lipinski definition) is 1. The predicted molar refractivity (Wildman–Crippen MR) is 90.9 cm³/mol. The highest BCUT2D eigenvalue weighted by molar-refractivity contribution is 7.11. The molecule has 0 aliphatic rings. The lowest BCUT2D eigenvalue weighted by atomic mass is 10.1. The molecule has 0 aliphatic carbocycles. The van der Waals surface area contributed by atoms with Gasteiger partial charge in [0.25, 0.3) is 5.78 Å². The van der Waals surface area contributed by atoms with E-state index in [9.17, 15) is 18.0 Å². The van der Waals surface area contributed by atoms with Gasteiger partial charge in [-0.15, -0.1) is 11.3 Å². The van der Waals surface area contributed by atoms with Crippen LogP contribution in [0.2, 0.25) is 0 Å². The van der Waals surface area contributed by atoms with E-state index in [2.05, 4.69) is 5.32 Å². The number of thiophene rings is 1. The number of ketones is 1. The molecule has 2 aromatic carbocycles. The quantitative estimate of drug-likeness (QED) is 0.633. The van der Waals surface area contributed by atoms with Gasteiger partial charge in [-0.1, -0.05) is 42.5 Å². The van der Waals surface area contributed by atoms with Gasteiger partial charge in [-0.05, 0) is 22.9 Å². The number of anilines is 1. The van der Waals surface area contributed by atoms with Crippen molar-refractivity contribution in [1.29, 1.82) is 0 Å². The molecule has 0 aliphatic heterocycles. The van der Waals surface area contributed by atoms with Gasteiger partial charge in [-0.25, -0.2) is 0 Å². The van der Waals surface area contributed by atoms with Crippen molar-refractivity contribution in [2.24, 2.45) is 0 Å². The molecule has 0 fully saturated rings. The molecule has 0 saturated heterocycles. The van der Waals surface area contributed by atoms with E-state index in [-0.39, 0.29) is 5.70 Å². The molecule has 1 heterocycles. The van der Waals surface area contributed by atoms with Crippen LogP contribution in [-0.2, 0) is 4.79 Å². The van der Waals surface area contributed by atoms with Crippen LogP contribution in [0.4, 0.5) is 18.9 Å². The summed E-state index contributed by atoms with van der Waals surface area (Å²) in [5, 5.41) is 6.54. The summed E-state index contributed by atoms with van der Waals surface area (Å²) < 4.78 is 37.9. The Labute approximate surface area is 140 Å². The number of hydrogen-bond acceptors (Lipinski definition) is 3. The SMILES string of the molecule is O=C(C=C(Nc1cccc2ccccc12)c1cccs1)C(F)(F)F. The lowest BCUT2D eigenvalue weighted by Gasteiger charge is -2.13. The molecular formula is C18H12F3NOS. The Balaban J connectivity index is 2.04. The lowest BCUT2D eigenvalue weighted by Crippen LogP contribution is -2.21. The van der Waals surface area contributed by atoms with Crippen molar-refractivity contribution in [3.05, 3.63) is 70.9 Å². The molecule has 0 bridgehead atoms. The molecule has 1 N–H and O–H groups in total. The van der Waals surface area contributed by atoms with Gasteiger partial charge in [0.1, 0.15) is 0 Å². The summed E-state index contributed by atoms with van der Waals surface area (Å²) in [4.78, 5) is 11.9. The van der Waals surface area contributed by atoms with Crippen LogP contribution in [-0.4, -0.2) is 12.0 Å². The molecule has 0 saturated carbocycles. The molecule has 0 spiro atoms. The van der Waals surface area contributed by atoms with Crippen molar-refractivity contribution in [2.75, 3.05) is 5.32 Å². The second-order valence-corrected chi connectivity index (χ2v) is 6.00. The highest BCUT2D eigenvalue weighted by Gasteiger charge is 2.37. The van der Waals surface area contributed by atoms with Crippen LogP contribution in [0.3, 0.4) is 0 Å². The molecule has 0 radical (unpaired) electrons. The van der Waals surface area contributed by atoms with E-state index in [0.717, 1.165) is 10.8 Å². The van der Waals surface area contributed by atoms with Crippen LogP contribution >= 0.6 is 11.3 Å². The number of alkyl halides is 3. The summed E-state index contributed by atoms with van der Waals surface area (Å²) in [6.07, 6.45) is -4.30. The smallest absolute Gasteiger partial charge is 0.354 e. The summed E-state index contributed by atoms with van der Waals surface area (Å²) in [6, 6.07) is 16.4. The third-order valence-corrected chi connectivity index (χ3v) is 4.30. The minimum absolute atomic E-state index is 0.128. The zero-order chi connectivity index (χ0) is 17.2. The summed E-state index contributed by atoms with van der Waals surface area (Å²) in [5.74, 6) is -1.89. The van der Waals surface area contributed by atoms with Crippen LogP contribution in [0.1, 0.15) is 4.88 Å². The van der Waals surface area contributed by atoms with Crippen molar-refractivity contribution in [1.82, 2.24) is 0 Å². The Hall–Kier alpha value is -2.60. The zero-order valence-corrected chi connectivity index (χ0v) is 13.1. The molecule has 6 heteroatoms. The van der Waals surface area contributed by atoms with Crippen molar-refractivity contribution >= 4 is 39.3 Å². The molecule has 2 nitrogen and oxygen atoms in total. The van der Waals surface area contributed by atoms with E-state index in [0.29, 0.717) is 16.6 Å². The predicted octanol–water partition coefficient (Wildman–Crippen LogP) is 5.49. The standard InChI is InChI=1S/C18H12F3NOS/c19-18(20,21)17(23)11-15(16-9-4-10-24-16)22-14-8-3-6-12-5-1-2-7-13(12)14/h1-11,22H. The number of halogens is 3. The molecule has 3 rings (SSSR count). The largest absolute Gasteiger partial charge is 0.454 e. The maximum Gasteiger partial charge on any atom is 0.454 e. The van der Waals surface area contributed by atoms with Crippen molar-refractivity contribution in [3.8, 4) is 0 Å². The average molecular weight is 347 g/mol. The van der Waals surface area contributed by atoms with Gasteiger partial charge in [0.2, 0.25) is 0 Å². The molecule has 24 heavy (non-hydrogen) atoms. The molecular weight excluding hydrogens is 335 g/mol. The highest BCUT2D eigenvalue weighted by Crippen LogP contribution is 2.29. The van der Waals surface area contributed by atoms with Crippen LogP contribution < -0.4 is 5.32 Å². The second-order valence-electron chi connectivity index (χ2n) is 5.05. The summed E-state index contributed by atoms with van der Waals surface area (Å²) in [6.45, 7) is 0. The van der Waals surface area contributed by atoms with E-state index in [1.165, 1.54) is 11.3 Å². The Bertz CT molecular complexity index is 893. The van der Waals surface area contributed by atoms with E-state index in [1.807, 2.05) is 36.4 Å². The number of fused-ring (bicyclic) bond motifs is 1. The first-order valence-electron chi connectivity index (χ1n) is 7.06. The Morgan fingerprint density at radius 3 is 2.46 bits per heavy atom. The van der Waals surface area contributed by atoms with Gasteiger partial charge in [0.05, 0.1) is 10.6 Å². The second kappa shape index (κ2) is 6.49. The molecule has 3 aromatic rings. The normalized spacial score (nSPS) is 12.4. The first-order chi connectivity index (χ1) is 11.4. The molecule has 1 aromatic heterocycles. The van der Waals surface area contributed by atoms with Crippen molar-refractivity contribution in [3.63, 3.8) is 0 Å². The fourth-order valence-electron chi connectivity index (χ4n) is 2.29. The van der Waals surface area contributed by atoms with E-state index in [1.54, 1.807) is 23.6 Å². The third-order valence-electron chi connectivity index (χ3n) is 3.40. The lowest BCUT2D eigenvalue weighted by molar-refractivity contribution is -0.165. The first-order valence-corrected chi connectivity index (χ1v) is 7.94. The van der Waals surface area contributed by atoms with E-state index >= 15 is 0 Å². The van der Waals surface area contributed by atoms with Crippen molar-refractivity contribution < 1.29 is 18.0 Å². The topological polar surface area (TPSA) is 29.1 Å². The molecule has 0 atom stereocenters. The number of rotatable bonds is 4. The van der Waals surface area contributed by atoms with Crippen LogP contribution in [0.25, 0.3) is 16.5 Å². The minimum Gasteiger partial charge on any atom is -0.354 e. The highest BCUT2D eigenvalue weighted by atomic mass is 32.1. The Kier molecular flexibility index (Phi) is 4.40. The zero-order valence-electron chi connectivity index (χ0n) is 12.3. The summed E-state index contributed by atoms with van der Waals surface area (Å²) in [7, 11) is 0. The van der Waals surface area contributed by atoms with Gasteiger partial charge >= 0.3 is 6.18 Å². The van der Waals surface area contributed by atoms with Gasteiger partial charge in [0, 0.05) is 17.1 Å². The third kappa shape index (κ3) is 3.49. The van der Waals surface area contributed by atoms with Crippen molar-refractivity contribution in [2.45, 2.75) is 6.18 Å². The van der Waals surface area contributed by atoms with Crippen LogP contribution in [0.5, 0.6) is 0 Å². The molecule has 122 valence electrons. The average Bonchev–Trinajstić information content (AvgIpc) is 3.08. The van der Waals surface area contributed by atoms with Crippen LogP contribution in [0.15, 0.2) is 66.1 Å². The van der Waals surface area contributed by atoms with E-state index in [4.69, 9.17) is 0 Å². The molecule has 0 unspecified atom stereocenters. The van der Waals surface area contributed by atoms with Gasteiger partial charge in [-0.3, -0.25) is 4.79 Å². The monoisotopic (exact) mass is 347 g/mol. The summed E-state index contributed by atoms with van der Waals surface area (Å²) >= 11 is 1.26. The van der Waals surface area contributed by atoms with E-state index < -0.39 is 12.0 Å². The fourth-order valence-corrected chi connectivity index (χ4v) is 2.99. The Morgan fingerprint density at radius 1 is 1.00 bits per heavy atom. The minimum atomic E-state index is -4.90. The number of allylic oxidation sites excluding steroid dienone is 1. The number of nitrogens with one attached hydrogen (secondary N) is 1. The maximum absolute atomic E-state index is 12.6. The maximum atomic E-state index is 12.6. The van der Waals surface area contributed by atoms with Gasteiger partial charge < -0.3 is 5.32 Å². The number of carbonyl (C=O) groups excluding carboxylic acids is 1. The summed E-state index contributed by atoms with van der Waals surface area (Å²) in [5.41, 5.74) is 0.770. The number of carbonyl (C=O) groups is 1. The fraction of sp³-hybridized carbons (Fsp3) is 0.0556. The van der Waals surface area contributed by atoms with Gasteiger partial charge in [-0.2, -0.15) is 13.2 Å². The molecule has 0 amide bonds.